The number of carbonyl (C=O) groups excluding carboxylic acids is 2. The molecule has 1 heterocycles. The van der Waals surface area contributed by atoms with E-state index in [-0.39, 0.29) is 19.0 Å². The predicted molar refractivity (Wildman–Crippen MR) is 84.5 cm³/mol. The number of amides is 2. The predicted octanol–water partition coefficient (Wildman–Crippen LogP) is 1.19. The molecule has 0 aromatic heterocycles. The molecular weight excluding hydrogens is 331 g/mol. The molecule has 1 aliphatic rings. The molecule has 0 bridgehead atoms. The van der Waals surface area contributed by atoms with E-state index in [2.05, 4.69) is 10.9 Å². The maximum Gasteiger partial charge on any atom is 0.283 e. The van der Waals surface area contributed by atoms with Gasteiger partial charge in [0.15, 0.2) is 18.1 Å². The summed E-state index contributed by atoms with van der Waals surface area (Å²) in [5.41, 5.74) is 4.43. The largest absolute Gasteiger partial charge is 0.485 e. The maximum atomic E-state index is 13.0. The Bertz CT molecular complexity index is 783. The van der Waals surface area contributed by atoms with Crippen molar-refractivity contribution >= 4 is 11.8 Å². The van der Waals surface area contributed by atoms with Crippen LogP contribution in [0.2, 0.25) is 0 Å². The van der Waals surface area contributed by atoms with E-state index in [1.54, 1.807) is 24.3 Å². The van der Waals surface area contributed by atoms with Crippen LogP contribution in [0.4, 0.5) is 4.39 Å². The fourth-order valence-electron chi connectivity index (χ4n) is 2.10. The van der Waals surface area contributed by atoms with Gasteiger partial charge in [-0.05, 0) is 24.3 Å². The van der Waals surface area contributed by atoms with Crippen LogP contribution in [0.3, 0.4) is 0 Å². The molecule has 0 saturated heterocycles. The molecular formula is C17H15FN2O5. The van der Waals surface area contributed by atoms with Gasteiger partial charge in [-0.25, -0.2) is 4.39 Å². The first-order valence-electron chi connectivity index (χ1n) is 7.47. The van der Waals surface area contributed by atoms with Crippen LogP contribution in [0, 0.1) is 5.82 Å². The SMILES string of the molecule is O=C(COc1cccc(F)c1)NNC(=O)[C@H]1COc2ccccc2O1. The lowest BCUT2D eigenvalue weighted by Gasteiger charge is -2.25. The van der Waals surface area contributed by atoms with E-state index < -0.39 is 23.7 Å². The van der Waals surface area contributed by atoms with Gasteiger partial charge < -0.3 is 14.2 Å². The third-order valence-electron chi connectivity index (χ3n) is 3.29. The highest BCUT2D eigenvalue weighted by Crippen LogP contribution is 2.30. The van der Waals surface area contributed by atoms with Crippen molar-refractivity contribution < 1.29 is 28.2 Å². The average Bonchev–Trinajstić information content (AvgIpc) is 2.64. The van der Waals surface area contributed by atoms with Gasteiger partial charge in [-0.3, -0.25) is 20.4 Å². The summed E-state index contributed by atoms with van der Waals surface area (Å²) in [6.45, 7) is -0.354. The fraction of sp³-hybridized carbons (Fsp3) is 0.176. The Kier molecular flexibility index (Phi) is 4.98. The van der Waals surface area contributed by atoms with Crippen molar-refractivity contribution in [1.29, 1.82) is 0 Å². The highest BCUT2D eigenvalue weighted by Gasteiger charge is 2.27. The second-order valence-electron chi connectivity index (χ2n) is 5.15. The highest BCUT2D eigenvalue weighted by atomic mass is 19.1. The van der Waals surface area contributed by atoms with Crippen LogP contribution in [0.15, 0.2) is 48.5 Å². The number of ether oxygens (including phenoxy) is 3. The van der Waals surface area contributed by atoms with Crippen molar-refractivity contribution in [1.82, 2.24) is 10.9 Å². The van der Waals surface area contributed by atoms with Crippen molar-refractivity contribution in [3.63, 3.8) is 0 Å². The van der Waals surface area contributed by atoms with Crippen LogP contribution < -0.4 is 25.1 Å². The first kappa shape index (κ1) is 16.6. The van der Waals surface area contributed by atoms with E-state index in [0.29, 0.717) is 11.5 Å². The molecule has 0 fully saturated rings. The molecule has 1 atom stereocenters. The number of hydrogen-bond acceptors (Lipinski definition) is 5. The molecule has 2 N–H and O–H groups in total. The van der Waals surface area contributed by atoms with Gasteiger partial charge in [-0.1, -0.05) is 18.2 Å². The third-order valence-corrected chi connectivity index (χ3v) is 3.29. The number of para-hydroxylation sites is 2. The van der Waals surface area contributed by atoms with Gasteiger partial charge in [0.2, 0.25) is 6.10 Å². The lowest BCUT2D eigenvalue weighted by Crippen LogP contribution is -2.51. The minimum absolute atomic E-state index is 0.0263. The van der Waals surface area contributed by atoms with Crippen molar-refractivity contribution in [2.24, 2.45) is 0 Å². The fourth-order valence-corrected chi connectivity index (χ4v) is 2.10. The van der Waals surface area contributed by atoms with Gasteiger partial charge in [-0.2, -0.15) is 0 Å². The Morgan fingerprint density at radius 1 is 1.12 bits per heavy atom. The summed E-state index contributed by atoms with van der Waals surface area (Å²) in [6.07, 6.45) is -0.890. The lowest BCUT2D eigenvalue weighted by atomic mass is 10.2. The van der Waals surface area contributed by atoms with Gasteiger partial charge in [0.1, 0.15) is 18.2 Å². The van der Waals surface area contributed by atoms with E-state index in [1.165, 1.54) is 18.2 Å². The molecule has 8 heteroatoms. The summed E-state index contributed by atoms with van der Waals surface area (Å²) in [7, 11) is 0. The van der Waals surface area contributed by atoms with E-state index in [0.717, 1.165) is 6.07 Å². The molecule has 0 saturated carbocycles. The third kappa shape index (κ3) is 4.37. The first-order chi connectivity index (χ1) is 12.1. The Morgan fingerprint density at radius 3 is 2.72 bits per heavy atom. The summed E-state index contributed by atoms with van der Waals surface area (Å²) < 4.78 is 29.0. The molecule has 7 nitrogen and oxygen atoms in total. The standard InChI is InChI=1S/C17H15FN2O5/c18-11-4-3-5-12(8-11)23-10-16(21)19-20-17(22)15-9-24-13-6-1-2-7-14(13)25-15/h1-8,15H,9-10H2,(H,19,21)(H,20,22)/t15-/m1/s1. The normalized spacial score (nSPS) is 15.2. The second-order valence-corrected chi connectivity index (χ2v) is 5.15. The summed E-state index contributed by atoms with van der Waals surface area (Å²) in [4.78, 5) is 23.7. The maximum absolute atomic E-state index is 13.0. The first-order valence-corrected chi connectivity index (χ1v) is 7.47. The Morgan fingerprint density at radius 2 is 1.92 bits per heavy atom. The summed E-state index contributed by atoms with van der Waals surface area (Å²) in [6, 6.07) is 12.3. The van der Waals surface area contributed by atoms with Crippen LogP contribution in [-0.4, -0.2) is 31.1 Å². The minimum atomic E-state index is -0.890. The number of benzene rings is 2. The number of hydrazine groups is 1. The minimum Gasteiger partial charge on any atom is -0.485 e. The van der Waals surface area contributed by atoms with Gasteiger partial charge in [0, 0.05) is 6.07 Å². The molecule has 0 aliphatic carbocycles. The van der Waals surface area contributed by atoms with E-state index in [1.807, 2.05) is 0 Å². The topological polar surface area (TPSA) is 85.9 Å². The number of hydrogen-bond donors (Lipinski definition) is 2. The molecule has 0 radical (unpaired) electrons. The average molecular weight is 346 g/mol. The monoisotopic (exact) mass is 346 g/mol. The quantitative estimate of drug-likeness (QED) is 0.813. The van der Waals surface area contributed by atoms with Crippen molar-refractivity contribution in [3.05, 3.63) is 54.3 Å². The van der Waals surface area contributed by atoms with E-state index >= 15 is 0 Å². The molecule has 0 spiro atoms. The molecule has 25 heavy (non-hydrogen) atoms. The number of nitrogens with one attached hydrogen (secondary N) is 2. The Labute approximate surface area is 142 Å². The molecule has 2 aromatic carbocycles. The summed E-state index contributed by atoms with van der Waals surface area (Å²) >= 11 is 0. The molecule has 0 unspecified atom stereocenters. The van der Waals surface area contributed by atoms with Crippen LogP contribution in [0.1, 0.15) is 0 Å². The smallest absolute Gasteiger partial charge is 0.283 e. The lowest BCUT2D eigenvalue weighted by molar-refractivity contribution is -0.135. The van der Waals surface area contributed by atoms with E-state index in [9.17, 15) is 14.0 Å². The number of rotatable bonds is 4. The second kappa shape index (κ2) is 7.52. The van der Waals surface area contributed by atoms with Gasteiger partial charge in [-0.15, -0.1) is 0 Å². The number of carbonyl (C=O) groups is 2. The molecule has 3 rings (SSSR count). The molecule has 2 aromatic rings. The number of fused-ring (bicyclic) bond motifs is 1. The Balaban J connectivity index is 1.44. The van der Waals surface area contributed by atoms with Crippen molar-refractivity contribution in [2.75, 3.05) is 13.2 Å². The summed E-state index contributed by atoms with van der Waals surface area (Å²) in [5, 5.41) is 0. The molecule has 130 valence electrons. The highest BCUT2D eigenvalue weighted by molar-refractivity contribution is 5.85. The van der Waals surface area contributed by atoms with Crippen molar-refractivity contribution in [3.8, 4) is 17.2 Å². The van der Waals surface area contributed by atoms with Gasteiger partial charge in [0.05, 0.1) is 0 Å². The zero-order chi connectivity index (χ0) is 17.6. The Hall–Kier alpha value is -3.29. The van der Waals surface area contributed by atoms with Crippen LogP contribution in [0.5, 0.6) is 17.2 Å². The van der Waals surface area contributed by atoms with Crippen LogP contribution in [0.25, 0.3) is 0 Å². The van der Waals surface area contributed by atoms with Gasteiger partial charge >= 0.3 is 0 Å². The van der Waals surface area contributed by atoms with Crippen LogP contribution in [-0.2, 0) is 9.59 Å². The number of halogens is 1. The molecule has 2 amide bonds. The zero-order valence-electron chi connectivity index (χ0n) is 13.0. The summed E-state index contributed by atoms with van der Waals surface area (Å²) in [5.74, 6) is -0.417. The van der Waals surface area contributed by atoms with Gasteiger partial charge in [0.25, 0.3) is 11.8 Å². The van der Waals surface area contributed by atoms with Crippen molar-refractivity contribution in [2.45, 2.75) is 6.10 Å². The zero-order valence-corrected chi connectivity index (χ0v) is 13.0. The molecule has 1 aliphatic heterocycles. The van der Waals surface area contributed by atoms with Crippen LogP contribution >= 0.6 is 0 Å². The van der Waals surface area contributed by atoms with E-state index in [4.69, 9.17) is 14.2 Å².